The monoisotopic (exact) mass is 208 g/mol. The Hall–Kier alpha value is -1.29. The van der Waals surface area contributed by atoms with Crippen LogP contribution in [0.4, 0.5) is 0 Å². The zero-order valence-electron chi connectivity index (χ0n) is 8.88. The number of carbonyl (C=O) groups is 1. The molecular weight excluding hydrogens is 192 g/mol. The van der Waals surface area contributed by atoms with Crippen molar-refractivity contribution in [2.45, 2.75) is 25.3 Å². The van der Waals surface area contributed by atoms with Gasteiger partial charge in [-0.25, -0.2) is 0 Å². The normalized spacial score (nSPS) is 25.4. The molecular formula is C11H16N2O2. The number of amides is 1. The predicted molar refractivity (Wildman–Crippen MR) is 56.7 cm³/mol. The van der Waals surface area contributed by atoms with Crippen molar-refractivity contribution in [3.63, 3.8) is 0 Å². The van der Waals surface area contributed by atoms with E-state index in [9.17, 15) is 4.79 Å². The molecule has 1 aliphatic heterocycles. The molecule has 0 bridgehead atoms. The highest BCUT2D eigenvalue weighted by atomic mass is 16.3. The Bertz CT molecular complexity index is 326. The largest absolute Gasteiger partial charge is 0.472 e. The molecule has 0 saturated carbocycles. The summed E-state index contributed by atoms with van der Waals surface area (Å²) in [6.45, 7) is 3.84. The van der Waals surface area contributed by atoms with Crippen LogP contribution in [0.5, 0.6) is 0 Å². The fraction of sp³-hybridized carbons (Fsp3) is 0.545. The summed E-state index contributed by atoms with van der Waals surface area (Å²) in [5.74, 6) is -0.0707. The number of furan rings is 1. The van der Waals surface area contributed by atoms with Gasteiger partial charge in [-0.2, -0.15) is 0 Å². The van der Waals surface area contributed by atoms with Crippen LogP contribution in [0.25, 0.3) is 0 Å². The van der Waals surface area contributed by atoms with Crippen LogP contribution in [-0.4, -0.2) is 24.5 Å². The second-order valence-electron chi connectivity index (χ2n) is 4.29. The lowest BCUT2D eigenvalue weighted by molar-refractivity contribution is 0.0942. The first kappa shape index (κ1) is 10.2. The van der Waals surface area contributed by atoms with Crippen molar-refractivity contribution in [2.24, 2.45) is 0 Å². The van der Waals surface area contributed by atoms with Gasteiger partial charge in [0.05, 0.1) is 11.8 Å². The van der Waals surface area contributed by atoms with Gasteiger partial charge in [-0.05, 0) is 32.4 Å². The van der Waals surface area contributed by atoms with Crippen LogP contribution in [-0.2, 0) is 0 Å². The van der Waals surface area contributed by atoms with Crippen molar-refractivity contribution >= 4 is 5.91 Å². The average Bonchev–Trinajstić information content (AvgIpc) is 2.85. The zero-order chi connectivity index (χ0) is 10.7. The van der Waals surface area contributed by atoms with Gasteiger partial charge in [-0.15, -0.1) is 0 Å². The van der Waals surface area contributed by atoms with Gasteiger partial charge in [-0.1, -0.05) is 0 Å². The quantitative estimate of drug-likeness (QED) is 0.783. The Morgan fingerprint density at radius 3 is 3.20 bits per heavy atom. The third-order valence-electron chi connectivity index (χ3n) is 2.88. The maximum atomic E-state index is 11.6. The van der Waals surface area contributed by atoms with E-state index in [1.165, 1.54) is 18.9 Å². The van der Waals surface area contributed by atoms with E-state index in [1.807, 2.05) is 0 Å². The van der Waals surface area contributed by atoms with E-state index in [0.29, 0.717) is 12.1 Å². The molecule has 15 heavy (non-hydrogen) atoms. The fourth-order valence-corrected chi connectivity index (χ4v) is 1.88. The van der Waals surface area contributed by atoms with Crippen LogP contribution in [0, 0.1) is 0 Å². The summed E-state index contributed by atoms with van der Waals surface area (Å²) in [7, 11) is 0. The molecule has 0 aliphatic carbocycles. The molecule has 1 aromatic rings. The van der Waals surface area contributed by atoms with Gasteiger partial charge < -0.3 is 15.1 Å². The maximum Gasteiger partial charge on any atom is 0.254 e. The Kier molecular flexibility index (Phi) is 2.77. The van der Waals surface area contributed by atoms with E-state index in [4.69, 9.17) is 4.42 Å². The van der Waals surface area contributed by atoms with Crippen molar-refractivity contribution in [1.29, 1.82) is 0 Å². The lowest BCUT2D eigenvalue weighted by Gasteiger charge is -2.24. The summed E-state index contributed by atoms with van der Waals surface area (Å²) in [5.41, 5.74) is 0.635. The minimum Gasteiger partial charge on any atom is -0.472 e. The topological polar surface area (TPSA) is 54.3 Å². The van der Waals surface area contributed by atoms with E-state index < -0.39 is 0 Å². The van der Waals surface area contributed by atoms with Gasteiger partial charge in [-0.3, -0.25) is 4.79 Å². The fourth-order valence-electron chi connectivity index (χ4n) is 1.88. The summed E-state index contributed by atoms with van der Waals surface area (Å²) in [6, 6.07) is 1.67. The minimum absolute atomic E-state index is 0.0550. The smallest absolute Gasteiger partial charge is 0.254 e. The third kappa shape index (κ3) is 2.39. The summed E-state index contributed by atoms with van der Waals surface area (Å²) in [6.07, 6.45) is 5.25. The molecule has 0 radical (unpaired) electrons. The standard InChI is InChI=1S/C11H16N2O2/c1-11(4-2-5-13-11)8-12-10(14)9-3-6-15-7-9/h3,6-7,13H,2,4-5,8H2,1H3,(H,12,14). The van der Waals surface area contributed by atoms with Crippen LogP contribution in [0.3, 0.4) is 0 Å². The van der Waals surface area contributed by atoms with Gasteiger partial charge in [0.1, 0.15) is 6.26 Å². The zero-order valence-corrected chi connectivity index (χ0v) is 8.88. The van der Waals surface area contributed by atoms with Gasteiger partial charge in [0.2, 0.25) is 0 Å². The molecule has 1 saturated heterocycles. The maximum absolute atomic E-state index is 11.6. The van der Waals surface area contributed by atoms with E-state index in [0.717, 1.165) is 13.0 Å². The molecule has 1 fully saturated rings. The van der Waals surface area contributed by atoms with Crippen molar-refractivity contribution in [3.8, 4) is 0 Å². The van der Waals surface area contributed by atoms with E-state index in [2.05, 4.69) is 17.6 Å². The molecule has 4 heteroatoms. The second kappa shape index (κ2) is 4.06. The van der Waals surface area contributed by atoms with Crippen molar-refractivity contribution in [1.82, 2.24) is 10.6 Å². The number of rotatable bonds is 3. The third-order valence-corrected chi connectivity index (χ3v) is 2.88. The molecule has 1 amide bonds. The SMILES string of the molecule is CC1(CNC(=O)c2ccoc2)CCCN1. The molecule has 2 N–H and O–H groups in total. The molecule has 2 heterocycles. The minimum atomic E-state index is -0.0707. The summed E-state index contributed by atoms with van der Waals surface area (Å²) in [5, 5.41) is 6.30. The highest BCUT2D eigenvalue weighted by molar-refractivity contribution is 5.93. The Morgan fingerprint density at radius 1 is 1.73 bits per heavy atom. The molecule has 1 atom stereocenters. The molecule has 4 nitrogen and oxygen atoms in total. The van der Waals surface area contributed by atoms with Crippen molar-refractivity contribution in [2.75, 3.05) is 13.1 Å². The second-order valence-corrected chi connectivity index (χ2v) is 4.29. The van der Waals surface area contributed by atoms with Gasteiger partial charge in [0.25, 0.3) is 5.91 Å². The predicted octanol–water partition coefficient (Wildman–Crippen LogP) is 1.15. The first-order chi connectivity index (χ1) is 7.20. The molecule has 0 spiro atoms. The lowest BCUT2D eigenvalue weighted by Crippen LogP contribution is -2.47. The summed E-state index contributed by atoms with van der Waals surface area (Å²) < 4.78 is 4.86. The van der Waals surface area contributed by atoms with Crippen molar-refractivity contribution < 1.29 is 9.21 Å². The summed E-state index contributed by atoms with van der Waals surface area (Å²) >= 11 is 0. The highest BCUT2D eigenvalue weighted by Gasteiger charge is 2.28. The highest BCUT2D eigenvalue weighted by Crippen LogP contribution is 2.17. The Labute approximate surface area is 89.0 Å². The van der Waals surface area contributed by atoms with E-state index in [1.54, 1.807) is 6.07 Å². The van der Waals surface area contributed by atoms with Gasteiger partial charge >= 0.3 is 0 Å². The Morgan fingerprint density at radius 2 is 2.60 bits per heavy atom. The van der Waals surface area contributed by atoms with Crippen molar-refractivity contribution in [3.05, 3.63) is 24.2 Å². The van der Waals surface area contributed by atoms with Crippen LogP contribution in [0.15, 0.2) is 23.0 Å². The molecule has 1 aliphatic rings. The average molecular weight is 208 g/mol. The number of hydrogen-bond donors (Lipinski definition) is 2. The van der Waals surface area contributed by atoms with Crippen LogP contribution in [0.1, 0.15) is 30.1 Å². The first-order valence-corrected chi connectivity index (χ1v) is 5.25. The lowest BCUT2D eigenvalue weighted by atomic mass is 10.0. The molecule has 82 valence electrons. The molecule has 1 unspecified atom stereocenters. The van der Waals surface area contributed by atoms with E-state index in [-0.39, 0.29) is 11.4 Å². The number of nitrogens with one attached hydrogen (secondary N) is 2. The van der Waals surface area contributed by atoms with Crippen LogP contribution >= 0.6 is 0 Å². The molecule has 2 rings (SSSR count). The van der Waals surface area contributed by atoms with Gasteiger partial charge in [0, 0.05) is 12.1 Å². The van der Waals surface area contributed by atoms with Crippen LogP contribution in [0.2, 0.25) is 0 Å². The van der Waals surface area contributed by atoms with Crippen LogP contribution < -0.4 is 10.6 Å². The number of hydrogen-bond acceptors (Lipinski definition) is 3. The Balaban J connectivity index is 1.85. The van der Waals surface area contributed by atoms with Gasteiger partial charge in [0.15, 0.2) is 0 Å². The van der Waals surface area contributed by atoms with E-state index >= 15 is 0 Å². The first-order valence-electron chi connectivity index (χ1n) is 5.25. The number of carbonyl (C=O) groups excluding carboxylic acids is 1. The molecule has 0 aromatic carbocycles. The summed E-state index contributed by atoms with van der Waals surface area (Å²) in [4.78, 5) is 11.6. The molecule has 1 aromatic heterocycles.